The van der Waals surface area contributed by atoms with E-state index in [9.17, 15) is 13.2 Å². The molecule has 0 radical (unpaired) electrons. The van der Waals surface area contributed by atoms with Crippen LogP contribution in [0.2, 0.25) is 5.02 Å². The van der Waals surface area contributed by atoms with Crippen LogP contribution in [0.25, 0.3) is 0 Å². The van der Waals surface area contributed by atoms with E-state index in [-0.39, 0.29) is 10.8 Å². The number of rotatable bonds is 2. The Hall–Kier alpha value is -1.11. The van der Waals surface area contributed by atoms with Crippen molar-refractivity contribution < 1.29 is 13.2 Å². The van der Waals surface area contributed by atoms with Gasteiger partial charge in [-0.3, -0.25) is 4.79 Å². The standard InChI is InChI=1S/C13H15ClN2O3S/c1-8-13(17)15-11-5-4-10(14)6-12(11)20(18,19)16(8)7-9-2-3-9/h4-6,8-9H,2-3,7H2,1H3,(H,15,17). The van der Waals surface area contributed by atoms with Gasteiger partial charge in [0.1, 0.15) is 10.9 Å². The number of carbonyl (C=O) groups is 1. The van der Waals surface area contributed by atoms with Crippen LogP contribution < -0.4 is 5.32 Å². The fourth-order valence-corrected chi connectivity index (χ4v) is 4.41. The fourth-order valence-electron chi connectivity index (χ4n) is 2.33. The minimum absolute atomic E-state index is 0.0725. The summed E-state index contributed by atoms with van der Waals surface area (Å²) >= 11 is 5.90. The monoisotopic (exact) mass is 314 g/mol. The summed E-state index contributed by atoms with van der Waals surface area (Å²) in [4.78, 5) is 12.2. The number of benzene rings is 1. The summed E-state index contributed by atoms with van der Waals surface area (Å²) in [5, 5.41) is 3.00. The van der Waals surface area contributed by atoms with Crippen LogP contribution in [0, 0.1) is 5.92 Å². The number of halogens is 1. The van der Waals surface area contributed by atoms with Crippen LogP contribution in [0.15, 0.2) is 23.1 Å². The molecule has 1 aromatic carbocycles. The molecule has 1 amide bonds. The first-order chi connectivity index (χ1) is 9.39. The molecule has 1 aromatic rings. The number of carbonyl (C=O) groups excluding carboxylic acids is 1. The van der Waals surface area contributed by atoms with Gasteiger partial charge >= 0.3 is 0 Å². The summed E-state index contributed by atoms with van der Waals surface area (Å²) in [5.74, 6) is 0.0519. The van der Waals surface area contributed by atoms with E-state index in [1.165, 1.54) is 16.4 Å². The molecular formula is C13H15ClN2O3S. The topological polar surface area (TPSA) is 66.5 Å². The molecular weight excluding hydrogens is 300 g/mol. The molecule has 2 aliphatic rings. The predicted molar refractivity (Wildman–Crippen MR) is 76.2 cm³/mol. The summed E-state index contributed by atoms with van der Waals surface area (Å²) in [5.41, 5.74) is 0.296. The first-order valence-corrected chi connectivity index (χ1v) is 8.33. The maximum absolute atomic E-state index is 12.8. The van der Waals surface area contributed by atoms with E-state index in [4.69, 9.17) is 11.6 Å². The van der Waals surface area contributed by atoms with E-state index >= 15 is 0 Å². The Morgan fingerprint density at radius 3 is 2.75 bits per heavy atom. The molecule has 0 spiro atoms. The van der Waals surface area contributed by atoms with E-state index in [0.29, 0.717) is 23.2 Å². The lowest BCUT2D eigenvalue weighted by Gasteiger charge is -2.24. The zero-order valence-electron chi connectivity index (χ0n) is 11.0. The SMILES string of the molecule is CC1C(=O)Nc2ccc(Cl)cc2S(=O)(=O)N1CC1CC1. The average Bonchev–Trinajstić information content (AvgIpc) is 3.20. The molecule has 108 valence electrons. The Balaban J connectivity index is 2.13. The smallest absolute Gasteiger partial charge is 0.245 e. The molecule has 1 fully saturated rings. The number of hydrogen-bond donors (Lipinski definition) is 1. The Bertz CT molecular complexity index is 670. The second kappa shape index (κ2) is 4.72. The number of fused-ring (bicyclic) bond motifs is 1. The van der Waals surface area contributed by atoms with Crippen molar-refractivity contribution in [2.75, 3.05) is 11.9 Å². The van der Waals surface area contributed by atoms with E-state index in [1.807, 2.05) is 0 Å². The van der Waals surface area contributed by atoms with E-state index in [2.05, 4.69) is 5.32 Å². The molecule has 1 unspecified atom stereocenters. The molecule has 1 N–H and O–H groups in total. The van der Waals surface area contributed by atoms with Crippen LogP contribution in [0.1, 0.15) is 19.8 Å². The normalized spacial score (nSPS) is 25.7. The first kappa shape index (κ1) is 13.9. The summed E-state index contributed by atoms with van der Waals surface area (Å²) in [6.07, 6.45) is 2.03. The average molecular weight is 315 g/mol. The van der Waals surface area contributed by atoms with Crippen LogP contribution in [0.5, 0.6) is 0 Å². The van der Waals surface area contributed by atoms with Crippen LogP contribution in [-0.2, 0) is 14.8 Å². The predicted octanol–water partition coefficient (Wildman–Crippen LogP) is 2.08. The van der Waals surface area contributed by atoms with Gasteiger partial charge in [-0.25, -0.2) is 8.42 Å². The number of amides is 1. The van der Waals surface area contributed by atoms with Crippen molar-refractivity contribution in [1.29, 1.82) is 0 Å². The molecule has 0 aromatic heterocycles. The zero-order valence-corrected chi connectivity index (χ0v) is 12.5. The summed E-state index contributed by atoms with van der Waals surface area (Å²) in [6, 6.07) is 3.77. The van der Waals surface area contributed by atoms with Crippen molar-refractivity contribution in [3.8, 4) is 0 Å². The van der Waals surface area contributed by atoms with Gasteiger partial charge in [0.15, 0.2) is 0 Å². The second-order valence-electron chi connectivity index (χ2n) is 5.32. The molecule has 7 heteroatoms. The molecule has 1 aliphatic carbocycles. The molecule has 5 nitrogen and oxygen atoms in total. The number of sulfonamides is 1. The van der Waals surface area contributed by atoms with Gasteiger partial charge in [-0.2, -0.15) is 4.31 Å². The van der Waals surface area contributed by atoms with Gasteiger partial charge in [-0.05, 0) is 43.9 Å². The minimum atomic E-state index is -3.71. The highest BCUT2D eigenvalue weighted by atomic mass is 35.5. The maximum atomic E-state index is 12.8. The van der Waals surface area contributed by atoms with E-state index in [1.54, 1.807) is 13.0 Å². The lowest BCUT2D eigenvalue weighted by Crippen LogP contribution is -2.44. The number of anilines is 1. The van der Waals surface area contributed by atoms with Gasteiger partial charge in [-0.1, -0.05) is 11.6 Å². The summed E-state index contributed by atoms with van der Waals surface area (Å²) in [7, 11) is -3.71. The number of hydrogen-bond acceptors (Lipinski definition) is 3. The van der Waals surface area contributed by atoms with E-state index in [0.717, 1.165) is 12.8 Å². The maximum Gasteiger partial charge on any atom is 0.245 e. The highest BCUT2D eigenvalue weighted by Gasteiger charge is 2.41. The summed E-state index contributed by atoms with van der Waals surface area (Å²) in [6.45, 7) is 2.01. The Kier molecular flexibility index (Phi) is 3.27. The van der Waals surface area contributed by atoms with Gasteiger partial charge in [0.2, 0.25) is 15.9 Å². The zero-order chi connectivity index (χ0) is 14.5. The molecule has 1 heterocycles. The summed E-state index contributed by atoms with van der Waals surface area (Å²) < 4.78 is 26.8. The van der Waals surface area contributed by atoms with Crippen molar-refractivity contribution in [1.82, 2.24) is 4.31 Å². The quantitative estimate of drug-likeness (QED) is 0.909. The molecule has 3 rings (SSSR count). The molecule has 1 aliphatic heterocycles. The van der Waals surface area contributed by atoms with E-state index < -0.39 is 16.1 Å². The highest BCUT2D eigenvalue weighted by Crippen LogP contribution is 2.36. The van der Waals surface area contributed by atoms with Crippen LogP contribution in [-0.4, -0.2) is 31.2 Å². The van der Waals surface area contributed by atoms with Crippen LogP contribution in [0.3, 0.4) is 0 Å². The molecule has 1 saturated carbocycles. The van der Waals surface area contributed by atoms with Gasteiger partial charge in [0, 0.05) is 11.6 Å². The highest BCUT2D eigenvalue weighted by molar-refractivity contribution is 7.89. The van der Waals surface area contributed by atoms with Crippen molar-refractivity contribution >= 4 is 33.2 Å². The molecule has 1 atom stereocenters. The molecule has 0 saturated heterocycles. The van der Waals surface area contributed by atoms with Gasteiger partial charge in [0.05, 0.1) is 5.69 Å². The van der Waals surface area contributed by atoms with Crippen molar-refractivity contribution in [2.24, 2.45) is 5.92 Å². The first-order valence-electron chi connectivity index (χ1n) is 6.52. The van der Waals surface area contributed by atoms with Crippen LogP contribution >= 0.6 is 11.6 Å². The molecule has 0 bridgehead atoms. The Labute approximate surface area is 123 Å². The third-order valence-electron chi connectivity index (χ3n) is 3.73. The minimum Gasteiger partial charge on any atom is -0.323 e. The largest absolute Gasteiger partial charge is 0.323 e. The van der Waals surface area contributed by atoms with Crippen molar-refractivity contribution in [2.45, 2.75) is 30.7 Å². The van der Waals surface area contributed by atoms with Crippen LogP contribution in [0.4, 0.5) is 5.69 Å². The lowest BCUT2D eigenvalue weighted by atomic mass is 10.2. The Morgan fingerprint density at radius 2 is 2.10 bits per heavy atom. The van der Waals surface area contributed by atoms with Gasteiger partial charge < -0.3 is 5.32 Å². The lowest BCUT2D eigenvalue weighted by molar-refractivity contribution is -0.119. The third kappa shape index (κ3) is 2.32. The fraction of sp³-hybridized carbons (Fsp3) is 0.462. The van der Waals surface area contributed by atoms with Gasteiger partial charge in [0.25, 0.3) is 0 Å². The van der Waals surface area contributed by atoms with Crippen molar-refractivity contribution in [3.05, 3.63) is 23.2 Å². The molecule has 20 heavy (non-hydrogen) atoms. The number of nitrogens with one attached hydrogen (secondary N) is 1. The second-order valence-corrected chi connectivity index (χ2v) is 7.62. The van der Waals surface area contributed by atoms with Gasteiger partial charge in [-0.15, -0.1) is 0 Å². The third-order valence-corrected chi connectivity index (χ3v) is 5.95. The number of nitrogens with zero attached hydrogens (tertiary/aromatic N) is 1. The Morgan fingerprint density at radius 1 is 1.40 bits per heavy atom. The van der Waals surface area contributed by atoms with Crippen molar-refractivity contribution in [3.63, 3.8) is 0 Å².